The highest BCUT2D eigenvalue weighted by Gasteiger charge is 2.47. The smallest absolute Gasteiger partial charge is 0.339 e. The topological polar surface area (TPSA) is 128 Å². The number of aromatic carboxylic acids is 1. The molecule has 1 heterocycles. The number of nitrogens with zero attached hydrogens (tertiary/aromatic N) is 3. The average Bonchev–Trinajstić information content (AvgIpc) is 3.13. The van der Waals surface area contributed by atoms with Gasteiger partial charge in [0.2, 0.25) is 0 Å². The number of carboxylic acid groups (broad SMARTS) is 1. The van der Waals surface area contributed by atoms with Crippen LogP contribution in [0.4, 0.5) is 10.5 Å². The molecule has 1 unspecified atom stereocenters. The fourth-order valence-electron chi connectivity index (χ4n) is 3.58. The van der Waals surface area contributed by atoms with Gasteiger partial charge in [-0.3, -0.25) is 19.4 Å². The zero-order valence-electron chi connectivity index (χ0n) is 20.4. The van der Waals surface area contributed by atoms with Crippen molar-refractivity contribution >= 4 is 29.6 Å². The number of amides is 3. The van der Waals surface area contributed by atoms with Crippen LogP contribution in [0.15, 0.2) is 84.9 Å². The summed E-state index contributed by atoms with van der Waals surface area (Å²) in [6.07, 6.45) is 0. The van der Waals surface area contributed by atoms with Crippen molar-refractivity contribution in [2.24, 2.45) is 0 Å². The second kappa shape index (κ2) is 12.3. The lowest BCUT2D eigenvalue weighted by Crippen LogP contribution is -2.37. The van der Waals surface area contributed by atoms with Crippen molar-refractivity contribution in [3.63, 3.8) is 0 Å². The molecule has 4 rings (SSSR count). The Bertz CT molecular complexity index is 1190. The maximum atomic E-state index is 13.0. The predicted octanol–water partition coefficient (Wildman–Crippen LogP) is 3.35. The summed E-state index contributed by atoms with van der Waals surface area (Å²) in [7, 11) is 3.46. The quantitative estimate of drug-likeness (QED) is 0.370. The van der Waals surface area contributed by atoms with Crippen LogP contribution in [-0.4, -0.2) is 71.3 Å². The number of carbonyl (C=O) groups excluding carboxylic acids is 3. The van der Waals surface area contributed by atoms with Crippen LogP contribution >= 0.6 is 0 Å². The number of hydrogen-bond donors (Lipinski definition) is 2. The van der Waals surface area contributed by atoms with E-state index in [1.807, 2.05) is 24.3 Å². The monoisotopic (exact) mass is 505 g/mol. The SMILES string of the molecule is CN(C)CC(=O)OCN1C(=O)C(c2ccccc2)N(c2ccccc2)C1=O.O=C(O)c1ccccc1O. The van der Waals surface area contributed by atoms with Gasteiger partial charge < -0.3 is 14.9 Å². The third kappa shape index (κ3) is 6.71. The Morgan fingerprint density at radius 3 is 2.00 bits per heavy atom. The van der Waals surface area contributed by atoms with Crippen molar-refractivity contribution in [3.05, 3.63) is 96.1 Å². The number of ether oxygens (including phenoxy) is 1. The second-order valence-corrected chi connectivity index (χ2v) is 8.27. The van der Waals surface area contributed by atoms with Gasteiger partial charge in [0.15, 0.2) is 6.73 Å². The van der Waals surface area contributed by atoms with Crippen LogP contribution in [0, 0.1) is 0 Å². The lowest BCUT2D eigenvalue weighted by atomic mass is 10.1. The minimum atomic E-state index is -1.11. The molecule has 192 valence electrons. The first-order chi connectivity index (χ1) is 17.7. The molecule has 10 nitrogen and oxygen atoms in total. The van der Waals surface area contributed by atoms with Crippen molar-refractivity contribution < 1.29 is 34.1 Å². The Hall–Kier alpha value is -4.70. The van der Waals surface area contributed by atoms with Crippen LogP contribution < -0.4 is 4.90 Å². The molecule has 0 spiro atoms. The minimum absolute atomic E-state index is 0.0671. The van der Waals surface area contributed by atoms with Crippen LogP contribution in [0.1, 0.15) is 22.0 Å². The van der Waals surface area contributed by atoms with Gasteiger partial charge in [-0.1, -0.05) is 60.7 Å². The third-order valence-corrected chi connectivity index (χ3v) is 5.28. The Morgan fingerprint density at radius 2 is 1.46 bits per heavy atom. The number of benzene rings is 3. The van der Waals surface area contributed by atoms with E-state index in [2.05, 4.69) is 0 Å². The van der Waals surface area contributed by atoms with Crippen LogP contribution in [0.5, 0.6) is 5.75 Å². The summed E-state index contributed by atoms with van der Waals surface area (Å²) in [5.41, 5.74) is 1.23. The Labute approximate surface area is 213 Å². The van der Waals surface area contributed by atoms with Crippen LogP contribution in [0.25, 0.3) is 0 Å². The summed E-state index contributed by atoms with van der Waals surface area (Å²) in [5, 5.41) is 17.3. The van der Waals surface area contributed by atoms with Gasteiger partial charge in [0, 0.05) is 5.69 Å². The number of hydrogen-bond acceptors (Lipinski definition) is 7. The van der Waals surface area contributed by atoms with Gasteiger partial charge in [-0.2, -0.15) is 0 Å². The Morgan fingerprint density at radius 1 is 0.892 bits per heavy atom. The number of rotatable bonds is 7. The highest BCUT2D eigenvalue weighted by molar-refractivity contribution is 6.14. The highest BCUT2D eigenvalue weighted by atomic mass is 16.5. The number of urea groups is 1. The normalized spacial score (nSPS) is 14.8. The molecule has 1 atom stereocenters. The van der Waals surface area contributed by atoms with E-state index < -0.39 is 36.6 Å². The summed E-state index contributed by atoms with van der Waals surface area (Å²) < 4.78 is 5.12. The van der Waals surface area contributed by atoms with E-state index in [9.17, 15) is 19.2 Å². The lowest BCUT2D eigenvalue weighted by molar-refractivity contribution is -0.150. The summed E-state index contributed by atoms with van der Waals surface area (Å²) in [6, 6.07) is 22.5. The van der Waals surface area contributed by atoms with Crippen LogP contribution in [-0.2, 0) is 14.3 Å². The number of para-hydroxylation sites is 2. The maximum Gasteiger partial charge on any atom is 0.339 e. The van der Waals surface area contributed by atoms with Gasteiger partial charge in [0.1, 0.15) is 17.4 Å². The number of aromatic hydroxyl groups is 1. The molecule has 3 aromatic carbocycles. The summed E-state index contributed by atoms with van der Waals surface area (Å²) in [6.45, 7) is -0.336. The summed E-state index contributed by atoms with van der Waals surface area (Å²) >= 11 is 0. The maximum absolute atomic E-state index is 13.0. The van der Waals surface area contributed by atoms with Crippen LogP contribution in [0.2, 0.25) is 0 Å². The first-order valence-electron chi connectivity index (χ1n) is 11.3. The molecule has 3 amide bonds. The first kappa shape index (κ1) is 26.9. The number of phenols is 1. The standard InChI is InChI=1S/C20H21N3O4.C7H6O3/c1-21(2)13-17(24)27-14-22-19(25)18(15-9-5-3-6-10-15)23(20(22)26)16-11-7-4-8-12-16;8-6-4-2-1-3-5(6)7(9)10/h3-12,18H,13-14H2,1-2H3;1-4,8H,(H,9,10). The minimum Gasteiger partial charge on any atom is -0.507 e. The summed E-state index contributed by atoms with van der Waals surface area (Å²) in [4.78, 5) is 52.1. The van der Waals surface area contributed by atoms with Gasteiger partial charge >= 0.3 is 18.0 Å². The van der Waals surface area contributed by atoms with Gasteiger partial charge in [0.25, 0.3) is 5.91 Å². The highest BCUT2D eigenvalue weighted by Crippen LogP contribution is 2.35. The zero-order chi connectivity index (χ0) is 26.9. The van der Waals surface area contributed by atoms with Crippen molar-refractivity contribution in [2.45, 2.75) is 6.04 Å². The largest absolute Gasteiger partial charge is 0.507 e. The first-order valence-corrected chi connectivity index (χ1v) is 11.3. The average molecular weight is 506 g/mol. The van der Waals surface area contributed by atoms with Gasteiger partial charge in [-0.15, -0.1) is 0 Å². The van der Waals surface area contributed by atoms with Gasteiger partial charge in [0.05, 0.1) is 6.54 Å². The number of carboxylic acids is 1. The number of esters is 1. The fraction of sp³-hybridized carbons (Fsp3) is 0.185. The second-order valence-electron chi connectivity index (χ2n) is 8.27. The van der Waals surface area contributed by atoms with Gasteiger partial charge in [-0.25, -0.2) is 14.5 Å². The van der Waals surface area contributed by atoms with Gasteiger partial charge in [-0.05, 0) is 43.9 Å². The number of likely N-dealkylation sites (N-methyl/N-ethyl adjacent to an activating group) is 1. The Kier molecular flexibility index (Phi) is 8.95. The zero-order valence-corrected chi connectivity index (χ0v) is 20.4. The molecule has 0 bridgehead atoms. The van der Waals surface area contributed by atoms with E-state index in [1.54, 1.807) is 67.5 Å². The molecule has 1 saturated heterocycles. The van der Waals surface area contributed by atoms with E-state index in [-0.39, 0.29) is 17.9 Å². The number of carbonyl (C=O) groups is 4. The van der Waals surface area contributed by atoms with E-state index in [0.29, 0.717) is 11.3 Å². The number of imide groups is 1. The molecular formula is C27H27N3O7. The summed E-state index contributed by atoms with van der Waals surface area (Å²) in [5.74, 6) is -2.24. The van der Waals surface area contributed by atoms with E-state index in [0.717, 1.165) is 4.90 Å². The lowest BCUT2D eigenvalue weighted by Gasteiger charge is -2.22. The molecule has 0 saturated carbocycles. The molecule has 37 heavy (non-hydrogen) atoms. The predicted molar refractivity (Wildman–Crippen MR) is 135 cm³/mol. The molecule has 10 heteroatoms. The molecule has 1 fully saturated rings. The number of anilines is 1. The molecule has 0 aromatic heterocycles. The van der Waals surface area contributed by atoms with Crippen molar-refractivity contribution in [1.29, 1.82) is 0 Å². The molecule has 2 N–H and O–H groups in total. The molecule has 1 aliphatic heterocycles. The van der Waals surface area contributed by atoms with E-state index in [1.165, 1.54) is 17.0 Å². The molecule has 0 radical (unpaired) electrons. The Balaban J connectivity index is 0.000000319. The molecule has 0 aliphatic carbocycles. The fourth-order valence-corrected chi connectivity index (χ4v) is 3.58. The van der Waals surface area contributed by atoms with Crippen molar-refractivity contribution in [2.75, 3.05) is 32.3 Å². The molecular weight excluding hydrogens is 478 g/mol. The van der Waals surface area contributed by atoms with E-state index in [4.69, 9.17) is 14.9 Å². The van der Waals surface area contributed by atoms with Crippen molar-refractivity contribution in [1.82, 2.24) is 9.80 Å². The van der Waals surface area contributed by atoms with E-state index >= 15 is 0 Å². The molecule has 1 aliphatic rings. The molecule has 3 aromatic rings. The van der Waals surface area contributed by atoms with Crippen LogP contribution in [0.3, 0.4) is 0 Å². The third-order valence-electron chi connectivity index (χ3n) is 5.28. The van der Waals surface area contributed by atoms with Crippen molar-refractivity contribution in [3.8, 4) is 5.75 Å².